The summed E-state index contributed by atoms with van der Waals surface area (Å²) in [6, 6.07) is 10.2. The third kappa shape index (κ3) is 2.90. The summed E-state index contributed by atoms with van der Waals surface area (Å²) in [5.74, 6) is -0.709. The number of halogens is 2. The highest BCUT2D eigenvalue weighted by Gasteiger charge is 2.14. The van der Waals surface area contributed by atoms with Crippen LogP contribution in [0.4, 0.5) is 20.2 Å². The largest absolute Gasteiger partial charge is 0.389 e. The first-order valence-corrected chi connectivity index (χ1v) is 5.96. The first kappa shape index (κ1) is 13.5. The predicted octanol–water partition coefficient (Wildman–Crippen LogP) is 3.79. The summed E-state index contributed by atoms with van der Waals surface area (Å²) in [4.78, 5) is 1.78. The number of aliphatic hydroxyl groups is 1. The molecule has 19 heavy (non-hydrogen) atoms. The fraction of sp³-hybridized carbons (Fsp3) is 0.200. The SMILES string of the molecule is C[C@@H](O)c1cc(F)ccc1N(C)c1ccc(F)cc1. The van der Waals surface area contributed by atoms with Crippen molar-refractivity contribution in [1.82, 2.24) is 0 Å². The van der Waals surface area contributed by atoms with Crippen LogP contribution in [-0.4, -0.2) is 12.2 Å². The molecule has 0 saturated carbocycles. The molecule has 2 rings (SSSR count). The maximum Gasteiger partial charge on any atom is 0.123 e. The maximum atomic E-state index is 13.2. The van der Waals surface area contributed by atoms with Gasteiger partial charge in [0.05, 0.1) is 6.10 Å². The average molecular weight is 263 g/mol. The van der Waals surface area contributed by atoms with Crippen LogP contribution in [0, 0.1) is 11.6 Å². The molecule has 0 aliphatic heterocycles. The van der Waals surface area contributed by atoms with Gasteiger partial charge in [0.2, 0.25) is 0 Å². The van der Waals surface area contributed by atoms with Gasteiger partial charge in [0.1, 0.15) is 11.6 Å². The molecule has 0 bridgehead atoms. The van der Waals surface area contributed by atoms with Gasteiger partial charge in [-0.2, -0.15) is 0 Å². The standard InChI is InChI=1S/C15H15F2NO/c1-10(19)14-9-12(17)5-8-15(14)18(2)13-6-3-11(16)4-7-13/h3-10,19H,1-2H3/t10-/m1/s1. The van der Waals surface area contributed by atoms with Gasteiger partial charge < -0.3 is 10.0 Å². The van der Waals surface area contributed by atoms with Gasteiger partial charge in [-0.15, -0.1) is 0 Å². The van der Waals surface area contributed by atoms with Crippen LogP contribution in [0.2, 0.25) is 0 Å². The molecule has 0 aromatic heterocycles. The van der Waals surface area contributed by atoms with E-state index in [9.17, 15) is 13.9 Å². The van der Waals surface area contributed by atoms with E-state index in [1.54, 1.807) is 37.1 Å². The zero-order valence-electron chi connectivity index (χ0n) is 10.8. The normalized spacial score (nSPS) is 12.3. The highest BCUT2D eigenvalue weighted by molar-refractivity contribution is 5.66. The molecule has 0 radical (unpaired) electrons. The molecule has 0 aliphatic rings. The molecule has 0 fully saturated rings. The summed E-state index contributed by atoms with van der Waals surface area (Å²) < 4.78 is 26.2. The summed E-state index contributed by atoms with van der Waals surface area (Å²) in [5.41, 5.74) is 1.93. The molecule has 0 aliphatic carbocycles. The van der Waals surface area contributed by atoms with Crippen molar-refractivity contribution in [2.24, 2.45) is 0 Å². The van der Waals surface area contributed by atoms with Crippen molar-refractivity contribution in [3.8, 4) is 0 Å². The molecule has 0 unspecified atom stereocenters. The second-order valence-electron chi connectivity index (χ2n) is 4.41. The summed E-state index contributed by atoms with van der Waals surface area (Å²) in [5, 5.41) is 9.72. The van der Waals surface area contributed by atoms with E-state index in [1.807, 2.05) is 0 Å². The first-order valence-electron chi connectivity index (χ1n) is 5.96. The number of anilines is 2. The number of aliphatic hydroxyl groups excluding tert-OH is 1. The predicted molar refractivity (Wildman–Crippen MR) is 71.5 cm³/mol. The molecule has 0 spiro atoms. The minimum Gasteiger partial charge on any atom is -0.389 e. The summed E-state index contributed by atoms with van der Waals surface area (Å²) >= 11 is 0. The van der Waals surface area contributed by atoms with Crippen molar-refractivity contribution in [2.45, 2.75) is 13.0 Å². The lowest BCUT2D eigenvalue weighted by Gasteiger charge is -2.23. The molecule has 0 amide bonds. The lowest BCUT2D eigenvalue weighted by molar-refractivity contribution is 0.199. The molecule has 0 saturated heterocycles. The Morgan fingerprint density at radius 1 is 1.00 bits per heavy atom. The summed E-state index contributed by atoms with van der Waals surface area (Å²) in [7, 11) is 1.78. The minimum absolute atomic E-state index is 0.313. The molecule has 4 heteroatoms. The zero-order valence-corrected chi connectivity index (χ0v) is 10.8. The summed E-state index contributed by atoms with van der Waals surface area (Å²) in [6.07, 6.45) is -0.784. The molecule has 2 nitrogen and oxygen atoms in total. The number of rotatable bonds is 3. The molecule has 1 N–H and O–H groups in total. The van der Waals surface area contributed by atoms with Gasteiger partial charge in [-0.25, -0.2) is 8.78 Å². The smallest absolute Gasteiger partial charge is 0.123 e. The topological polar surface area (TPSA) is 23.5 Å². The van der Waals surface area contributed by atoms with E-state index in [0.717, 1.165) is 5.69 Å². The van der Waals surface area contributed by atoms with Crippen molar-refractivity contribution in [3.63, 3.8) is 0 Å². The Kier molecular flexibility index (Phi) is 3.81. The number of hydrogen-bond donors (Lipinski definition) is 1. The third-order valence-electron chi connectivity index (χ3n) is 3.01. The maximum absolute atomic E-state index is 13.2. The molecule has 0 heterocycles. The Morgan fingerprint density at radius 2 is 1.58 bits per heavy atom. The molecular weight excluding hydrogens is 248 g/mol. The number of nitrogens with zero attached hydrogens (tertiary/aromatic N) is 1. The van der Waals surface area contributed by atoms with E-state index < -0.39 is 11.9 Å². The lowest BCUT2D eigenvalue weighted by Crippen LogP contribution is -2.13. The van der Waals surface area contributed by atoms with Gasteiger partial charge in [-0.1, -0.05) is 0 Å². The second-order valence-corrected chi connectivity index (χ2v) is 4.41. The van der Waals surface area contributed by atoms with Gasteiger partial charge in [0.25, 0.3) is 0 Å². The highest BCUT2D eigenvalue weighted by Crippen LogP contribution is 2.31. The molecule has 2 aromatic carbocycles. The van der Waals surface area contributed by atoms with Crippen LogP contribution in [0.3, 0.4) is 0 Å². The molecular formula is C15H15F2NO. The van der Waals surface area contributed by atoms with E-state index in [-0.39, 0.29) is 5.82 Å². The zero-order chi connectivity index (χ0) is 14.0. The molecule has 1 atom stereocenters. The van der Waals surface area contributed by atoms with Crippen LogP contribution < -0.4 is 4.90 Å². The van der Waals surface area contributed by atoms with Crippen LogP contribution in [0.1, 0.15) is 18.6 Å². The summed E-state index contributed by atoms with van der Waals surface area (Å²) in [6.45, 7) is 1.58. The van der Waals surface area contributed by atoms with Gasteiger partial charge >= 0.3 is 0 Å². The van der Waals surface area contributed by atoms with E-state index in [1.165, 1.54) is 24.3 Å². The number of benzene rings is 2. The van der Waals surface area contributed by atoms with Gasteiger partial charge in [-0.05, 0) is 49.4 Å². The number of hydrogen-bond acceptors (Lipinski definition) is 2. The van der Waals surface area contributed by atoms with E-state index >= 15 is 0 Å². The Labute approximate surface area is 110 Å². The highest BCUT2D eigenvalue weighted by atomic mass is 19.1. The van der Waals surface area contributed by atoms with Gasteiger partial charge in [0, 0.05) is 24.0 Å². The Balaban J connectivity index is 2.43. The minimum atomic E-state index is -0.784. The fourth-order valence-electron chi connectivity index (χ4n) is 1.97. The Hall–Kier alpha value is -1.94. The van der Waals surface area contributed by atoms with Crippen LogP contribution >= 0.6 is 0 Å². The Bertz CT molecular complexity index is 567. The quantitative estimate of drug-likeness (QED) is 0.910. The van der Waals surface area contributed by atoms with E-state index in [0.29, 0.717) is 11.3 Å². The fourth-order valence-corrected chi connectivity index (χ4v) is 1.97. The van der Waals surface area contributed by atoms with Crippen LogP contribution in [0.25, 0.3) is 0 Å². The van der Waals surface area contributed by atoms with E-state index in [2.05, 4.69) is 0 Å². The third-order valence-corrected chi connectivity index (χ3v) is 3.01. The van der Waals surface area contributed by atoms with Crippen LogP contribution in [-0.2, 0) is 0 Å². The molecule has 2 aromatic rings. The Morgan fingerprint density at radius 3 is 2.16 bits per heavy atom. The van der Waals surface area contributed by atoms with Gasteiger partial charge in [0.15, 0.2) is 0 Å². The van der Waals surface area contributed by atoms with E-state index in [4.69, 9.17) is 0 Å². The second kappa shape index (κ2) is 5.36. The van der Waals surface area contributed by atoms with Gasteiger partial charge in [-0.3, -0.25) is 0 Å². The van der Waals surface area contributed by atoms with Crippen molar-refractivity contribution in [3.05, 3.63) is 59.7 Å². The lowest BCUT2D eigenvalue weighted by atomic mass is 10.1. The van der Waals surface area contributed by atoms with Crippen LogP contribution in [0.15, 0.2) is 42.5 Å². The van der Waals surface area contributed by atoms with Crippen molar-refractivity contribution in [1.29, 1.82) is 0 Å². The van der Waals surface area contributed by atoms with Crippen molar-refractivity contribution < 1.29 is 13.9 Å². The first-order chi connectivity index (χ1) is 8.99. The average Bonchev–Trinajstić information content (AvgIpc) is 2.38. The van der Waals surface area contributed by atoms with Crippen LogP contribution in [0.5, 0.6) is 0 Å². The monoisotopic (exact) mass is 263 g/mol. The molecule has 100 valence electrons. The van der Waals surface area contributed by atoms with Crippen molar-refractivity contribution in [2.75, 3.05) is 11.9 Å². The van der Waals surface area contributed by atoms with Crippen molar-refractivity contribution >= 4 is 11.4 Å².